The number of anilines is 1. The van der Waals surface area contributed by atoms with Gasteiger partial charge in [0.2, 0.25) is 0 Å². The molecule has 1 aliphatic rings. The van der Waals surface area contributed by atoms with E-state index in [9.17, 15) is 13.2 Å². The van der Waals surface area contributed by atoms with E-state index in [1.165, 1.54) is 19.1 Å². The second-order valence-electron chi connectivity index (χ2n) is 5.44. The molecule has 0 amide bonds. The number of carbonyl (C=O) groups is 1. The van der Waals surface area contributed by atoms with Crippen LogP contribution in [0.15, 0.2) is 47.4 Å². The van der Waals surface area contributed by atoms with E-state index in [2.05, 4.69) is 4.72 Å². The van der Waals surface area contributed by atoms with Crippen LogP contribution in [-0.4, -0.2) is 20.8 Å². The number of ketones is 1. The van der Waals surface area contributed by atoms with Gasteiger partial charge in [-0.15, -0.1) is 0 Å². The van der Waals surface area contributed by atoms with Crippen molar-refractivity contribution in [1.82, 2.24) is 0 Å². The van der Waals surface area contributed by atoms with Crippen molar-refractivity contribution in [1.29, 1.82) is 0 Å². The molecular formula is C17H17NO4S. The molecule has 6 heteroatoms. The van der Waals surface area contributed by atoms with Gasteiger partial charge in [0.15, 0.2) is 5.78 Å². The Morgan fingerprint density at radius 2 is 1.96 bits per heavy atom. The second kappa shape index (κ2) is 6.04. The molecule has 0 aliphatic carbocycles. The monoisotopic (exact) mass is 331 g/mol. The van der Waals surface area contributed by atoms with Crippen LogP contribution in [0.5, 0.6) is 5.75 Å². The van der Waals surface area contributed by atoms with Gasteiger partial charge >= 0.3 is 0 Å². The average molecular weight is 331 g/mol. The fourth-order valence-corrected chi connectivity index (χ4v) is 3.66. The summed E-state index contributed by atoms with van der Waals surface area (Å²) in [5.41, 5.74) is 1.78. The topological polar surface area (TPSA) is 72.5 Å². The van der Waals surface area contributed by atoms with Crippen LogP contribution in [0.25, 0.3) is 0 Å². The van der Waals surface area contributed by atoms with Crippen molar-refractivity contribution in [3.63, 3.8) is 0 Å². The van der Waals surface area contributed by atoms with Gasteiger partial charge < -0.3 is 4.74 Å². The number of hydrogen-bond acceptors (Lipinski definition) is 4. The fraction of sp³-hybridized carbons (Fsp3) is 0.235. The average Bonchev–Trinajstić information content (AvgIpc) is 2.55. The maximum Gasteiger partial charge on any atom is 0.262 e. The zero-order valence-corrected chi connectivity index (χ0v) is 13.5. The van der Waals surface area contributed by atoms with Crippen LogP contribution in [0.2, 0.25) is 0 Å². The number of nitrogens with one attached hydrogen (secondary N) is 1. The Morgan fingerprint density at radius 3 is 2.74 bits per heavy atom. The molecule has 1 heterocycles. The molecular weight excluding hydrogens is 314 g/mol. The third-order valence-electron chi connectivity index (χ3n) is 3.73. The van der Waals surface area contributed by atoms with Crippen LogP contribution in [0.1, 0.15) is 29.3 Å². The molecule has 1 aliphatic heterocycles. The Kier molecular flexibility index (Phi) is 4.09. The zero-order chi connectivity index (χ0) is 16.4. The van der Waals surface area contributed by atoms with Gasteiger partial charge in [-0.3, -0.25) is 9.52 Å². The first-order valence-electron chi connectivity index (χ1n) is 7.36. The number of para-hydroxylation sites is 1. The number of Topliss-reactive ketones (excluding diaryl/α,β-unsaturated/α-hetero) is 1. The first kappa shape index (κ1) is 15.6. The number of benzene rings is 2. The van der Waals surface area contributed by atoms with E-state index in [0.29, 0.717) is 23.6 Å². The molecule has 0 spiro atoms. The van der Waals surface area contributed by atoms with Gasteiger partial charge in [-0.1, -0.05) is 24.3 Å². The largest absolute Gasteiger partial charge is 0.491 e. The highest BCUT2D eigenvalue weighted by Gasteiger charge is 2.20. The van der Waals surface area contributed by atoms with E-state index in [1.807, 2.05) is 6.07 Å². The minimum atomic E-state index is -3.79. The maximum atomic E-state index is 12.6. The molecule has 3 rings (SSSR count). The molecule has 0 bridgehead atoms. The number of fused-ring (bicyclic) bond motifs is 1. The summed E-state index contributed by atoms with van der Waals surface area (Å²) in [6, 6.07) is 11.4. The zero-order valence-electron chi connectivity index (χ0n) is 12.7. The minimum absolute atomic E-state index is 0.0543. The molecule has 23 heavy (non-hydrogen) atoms. The summed E-state index contributed by atoms with van der Waals surface area (Å²) >= 11 is 0. The lowest BCUT2D eigenvalue weighted by atomic mass is 10.1. The third kappa shape index (κ3) is 3.22. The van der Waals surface area contributed by atoms with E-state index in [0.717, 1.165) is 18.4 Å². The highest BCUT2D eigenvalue weighted by molar-refractivity contribution is 7.92. The van der Waals surface area contributed by atoms with Crippen LogP contribution in [0.4, 0.5) is 5.69 Å². The summed E-state index contributed by atoms with van der Waals surface area (Å²) < 4.78 is 33.4. The van der Waals surface area contributed by atoms with Gasteiger partial charge in [-0.25, -0.2) is 8.42 Å². The first-order chi connectivity index (χ1) is 11.0. The van der Waals surface area contributed by atoms with Crippen molar-refractivity contribution >= 4 is 21.5 Å². The number of rotatable bonds is 4. The van der Waals surface area contributed by atoms with Crippen LogP contribution < -0.4 is 9.46 Å². The van der Waals surface area contributed by atoms with Crippen molar-refractivity contribution < 1.29 is 17.9 Å². The van der Waals surface area contributed by atoms with Gasteiger partial charge in [-0.2, -0.15) is 0 Å². The smallest absolute Gasteiger partial charge is 0.262 e. The molecule has 120 valence electrons. The highest BCUT2D eigenvalue weighted by Crippen LogP contribution is 2.34. The predicted molar refractivity (Wildman–Crippen MR) is 87.5 cm³/mol. The van der Waals surface area contributed by atoms with Gasteiger partial charge in [0.25, 0.3) is 10.0 Å². The van der Waals surface area contributed by atoms with E-state index >= 15 is 0 Å². The molecule has 1 N–H and O–H groups in total. The number of aryl methyl sites for hydroxylation is 1. The molecule has 2 aromatic carbocycles. The lowest BCUT2D eigenvalue weighted by molar-refractivity contribution is 0.101. The normalized spacial score (nSPS) is 13.8. The molecule has 0 saturated heterocycles. The summed E-state index contributed by atoms with van der Waals surface area (Å²) in [5.74, 6) is 0.410. The molecule has 0 aromatic heterocycles. The molecule has 5 nitrogen and oxygen atoms in total. The Hall–Kier alpha value is -2.34. The number of carbonyl (C=O) groups excluding carboxylic acids is 1. The van der Waals surface area contributed by atoms with Gasteiger partial charge in [0.05, 0.1) is 17.2 Å². The van der Waals surface area contributed by atoms with Crippen molar-refractivity contribution in [2.75, 3.05) is 11.3 Å². The molecule has 0 saturated carbocycles. The summed E-state index contributed by atoms with van der Waals surface area (Å²) in [4.78, 5) is 11.5. The van der Waals surface area contributed by atoms with Crippen molar-refractivity contribution in [2.45, 2.75) is 24.7 Å². The molecule has 2 aromatic rings. The van der Waals surface area contributed by atoms with Crippen molar-refractivity contribution in [3.05, 3.63) is 53.6 Å². The fourth-order valence-electron chi connectivity index (χ4n) is 2.56. The summed E-state index contributed by atoms with van der Waals surface area (Å²) in [6.07, 6.45) is 1.79. The van der Waals surface area contributed by atoms with Gasteiger partial charge in [0.1, 0.15) is 5.75 Å². The summed E-state index contributed by atoms with van der Waals surface area (Å²) in [5, 5.41) is 0. The Morgan fingerprint density at radius 1 is 1.17 bits per heavy atom. The Balaban J connectivity index is 1.96. The SMILES string of the molecule is CC(=O)c1cccc(S(=O)(=O)Nc2cccc3c2OCCC3)c1. The Bertz CT molecular complexity index is 859. The summed E-state index contributed by atoms with van der Waals surface area (Å²) in [7, 11) is -3.79. The van der Waals surface area contributed by atoms with Gasteiger partial charge in [0, 0.05) is 5.56 Å². The van der Waals surface area contributed by atoms with E-state index in [-0.39, 0.29) is 10.7 Å². The predicted octanol–water partition coefficient (Wildman–Crippen LogP) is 3.02. The third-order valence-corrected chi connectivity index (χ3v) is 5.09. The highest BCUT2D eigenvalue weighted by atomic mass is 32.2. The van der Waals surface area contributed by atoms with Crippen LogP contribution in [0, 0.1) is 0 Å². The lowest BCUT2D eigenvalue weighted by Gasteiger charge is -2.20. The Labute approximate surface area is 135 Å². The van der Waals surface area contributed by atoms with E-state index in [1.54, 1.807) is 24.3 Å². The molecule has 0 fully saturated rings. The second-order valence-corrected chi connectivity index (χ2v) is 7.12. The van der Waals surface area contributed by atoms with E-state index < -0.39 is 10.0 Å². The molecule has 0 atom stereocenters. The minimum Gasteiger partial charge on any atom is -0.491 e. The maximum absolute atomic E-state index is 12.6. The first-order valence-corrected chi connectivity index (χ1v) is 8.84. The number of sulfonamides is 1. The van der Waals surface area contributed by atoms with E-state index in [4.69, 9.17) is 4.74 Å². The quantitative estimate of drug-likeness (QED) is 0.874. The molecule has 0 radical (unpaired) electrons. The number of ether oxygens (including phenoxy) is 1. The molecule has 0 unspecified atom stereocenters. The number of hydrogen-bond donors (Lipinski definition) is 1. The lowest BCUT2D eigenvalue weighted by Crippen LogP contribution is -2.16. The standard InChI is InChI=1S/C17H17NO4S/c1-12(19)14-6-2-8-15(11-14)23(20,21)18-16-9-3-5-13-7-4-10-22-17(13)16/h2-3,5-6,8-9,11,18H,4,7,10H2,1H3. The van der Waals surface area contributed by atoms with Crippen LogP contribution >= 0.6 is 0 Å². The van der Waals surface area contributed by atoms with Crippen LogP contribution in [-0.2, 0) is 16.4 Å². The summed E-state index contributed by atoms with van der Waals surface area (Å²) in [6.45, 7) is 1.98. The van der Waals surface area contributed by atoms with Crippen LogP contribution in [0.3, 0.4) is 0 Å². The van der Waals surface area contributed by atoms with Gasteiger partial charge in [-0.05, 0) is 43.5 Å². The van der Waals surface area contributed by atoms with Crippen molar-refractivity contribution in [3.8, 4) is 5.75 Å². The van der Waals surface area contributed by atoms with Crippen molar-refractivity contribution in [2.24, 2.45) is 0 Å².